The predicted octanol–water partition coefficient (Wildman–Crippen LogP) is 4.26. The molecule has 0 saturated heterocycles. The van der Waals surface area contributed by atoms with Gasteiger partial charge in [-0.25, -0.2) is 0 Å². The summed E-state index contributed by atoms with van der Waals surface area (Å²) in [6.45, 7) is 3.42. The molecule has 0 spiro atoms. The van der Waals surface area contributed by atoms with Gasteiger partial charge in [-0.1, -0.05) is 23.7 Å². The highest BCUT2D eigenvalue weighted by Gasteiger charge is 2.28. The molecule has 0 aliphatic carbocycles. The fraction of sp³-hybridized carbons (Fsp3) is 0.240. The summed E-state index contributed by atoms with van der Waals surface area (Å²) in [5, 5.41) is 3.16. The van der Waals surface area contributed by atoms with Crippen LogP contribution in [0.1, 0.15) is 40.5 Å². The van der Waals surface area contributed by atoms with E-state index in [4.69, 9.17) is 25.5 Å². The van der Waals surface area contributed by atoms with E-state index in [0.717, 1.165) is 0 Å². The Hall–Kier alpha value is -3.78. The number of amides is 2. The summed E-state index contributed by atoms with van der Waals surface area (Å²) in [6.07, 6.45) is 0. The largest absolute Gasteiger partial charge is 0.484 e. The first-order chi connectivity index (χ1) is 16.3. The lowest BCUT2D eigenvalue weighted by molar-refractivity contribution is -0.121. The topological polar surface area (TPSA) is 98.1 Å². The number of fused-ring (bicyclic) bond motifs is 1. The van der Waals surface area contributed by atoms with E-state index >= 15 is 0 Å². The molecule has 0 bridgehead atoms. The number of nitrogens with one attached hydrogen (secondary N) is 1. The minimum Gasteiger partial charge on any atom is -0.484 e. The van der Waals surface area contributed by atoms with Gasteiger partial charge < -0.3 is 19.2 Å². The maximum atomic E-state index is 12.8. The molecule has 3 aromatic rings. The molecule has 8 nitrogen and oxygen atoms in total. The van der Waals surface area contributed by atoms with E-state index in [-0.39, 0.29) is 49.2 Å². The second kappa shape index (κ2) is 10.0. The summed E-state index contributed by atoms with van der Waals surface area (Å²) >= 11 is 6.08. The molecule has 0 radical (unpaired) electrons. The number of ether oxygens (including phenoxy) is 2. The zero-order chi connectivity index (χ0) is 24.2. The van der Waals surface area contributed by atoms with Crippen LogP contribution in [0.25, 0.3) is 0 Å². The van der Waals surface area contributed by atoms with Gasteiger partial charge in [0.2, 0.25) is 0 Å². The van der Waals surface area contributed by atoms with Crippen LogP contribution in [0.3, 0.4) is 0 Å². The number of hydrogen-bond donors (Lipinski definition) is 1. The van der Waals surface area contributed by atoms with Gasteiger partial charge in [0.1, 0.15) is 17.3 Å². The van der Waals surface area contributed by atoms with E-state index < -0.39 is 0 Å². The number of hydrogen-bond acceptors (Lipinski definition) is 6. The molecule has 2 heterocycles. The van der Waals surface area contributed by atoms with Crippen molar-refractivity contribution in [1.82, 2.24) is 5.32 Å². The first-order valence-corrected chi connectivity index (χ1v) is 11.1. The van der Waals surface area contributed by atoms with Gasteiger partial charge in [0, 0.05) is 11.6 Å². The normalized spacial score (nSPS) is 12.8. The molecular weight excluding hydrogens is 460 g/mol. The number of anilines is 1. The molecule has 2 aromatic carbocycles. The third-order valence-corrected chi connectivity index (χ3v) is 5.35. The van der Waals surface area contributed by atoms with Crippen molar-refractivity contribution >= 4 is 34.9 Å². The van der Waals surface area contributed by atoms with Gasteiger partial charge in [-0.2, -0.15) is 0 Å². The van der Waals surface area contributed by atoms with Crippen LogP contribution >= 0.6 is 11.6 Å². The van der Waals surface area contributed by atoms with Crippen molar-refractivity contribution in [3.63, 3.8) is 0 Å². The Kier molecular flexibility index (Phi) is 6.88. The van der Waals surface area contributed by atoms with E-state index in [0.29, 0.717) is 33.5 Å². The van der Waals surface area contributed by atoms with Crippen LogP contribution in [0.5, 0.6) is 11.5 Å². The Labute approximate surface area is 201 Å². The highest BCUT2D eigenvalue weighted by atomic mass is 35.5. The second-order valence-electron chi connectivity index (χ2n) is 7.99. The van der Waals surface area contributed by atoms with Crippen LogP contribution in [0.15, 0.2) is 59.0 Å². The summed E-state index contributed by atoms with van der Waals surface area (Å²) < 4.78 is 16.7. The van der Waals surface area contributed by atoms with Gasteiger partial charge >= 0.3 is 0 Å². The van der Waals surface area contributed by atoms with Crippen LogP contribution in [0.2, 0.25) is 5.02 Å². The number of nitrogens with zero attached hydrogens (tertiary/aromatic N) is 1. The minimum atomic E-state index is -0.332. The molecule has 9 heteroatoms. The fourth-order valence-corrected chi connectivity index (χ4v) is 3.60. The van der Waals surface area contributed by atoms with Gasteiger partial charge in [0.25, 0.3) is 11.8 Å². The molecule has 1 aromatic heterocycles. The molecule has 1 N–H and O–H groups in total. The van der Waals surface area contributed by atoms with E-state index in [1.807, 2.05) is 13.8 Å². The van der Waals surface area contributed by atoms with Gasteiger partial charge in [-0.15, -0.1) is 0 Å². The number of carbonyl (C=O) groups excluding carboxylic acids is 3. The lowest BCUT2D eigenvalue weighted by Crippen LogP contribution is -2.38. The Morgan fingerprint density at radius 1 is 1.15 bits per heavy atom. The van der Waals surface area contributed by atoms with Crippen molar-refractivity contribution in [3.05, 3.63) is 76.7 Å². The standard InChI is InChI=1S/C25H23ClN2O6/c1-15(2)27-25(31)23-10-8-17(34-23)12-28-19-11-16(7-9-22(19)33-14-24(28)30)20(29)13-32-21-6-4-3-5-18(21)26/h3-11,15H,12-14H2,1-2H3,(H,27,31). The molecular formula is C25H23ClN2O6. The third kappa shape index (κ3) is 5.23. The Balaban J connectivity index is 1.51. The van der Waals surface area contributed by atoms with Crippen LogP contribution in [-0.4, -0.2) is 36.9 Å². The molecule has 1 aliphatic heterocycles. The molecule has 176 valence electrons. The number of carbonyl (C=O) groups is 3. The van der Waals surface area contributed by atoms with E-state index in [1.54, 1.807) is 54.6 Å². The summed E-state index contributed by atoms with van der Waals surface area (Å²) in [7, 11) is 0. The molecule has 1 aliphatic rings. The highest BCUT2D eigenvalue weighted by molar-refractivity contribution is 6.32. The number of furan rings is 1. The molecule has 0 fully saturated rings. The highest BCUT2D eigenvalue weighted by Crippen LogP contribution is 2.34. The number of Topliss-reactive ketones (excluding diaryl/α,β-unsaturated/α-hetero) is 1. The molecule has 0 saturated carbocycles. The van der Waals surface area contributed by atoms with Crippen LogP contribution < -0.4 is 19.7 Å². The Bertz CT molecular complexity index is 1240. The molecule has 2 amide bonds. The number of ketones is 1. The second-order valence-corrected chi connectivity index (χ2v) is 8.39. The van der Waals surface area contributed by atoms with E-state index in [2.05, 4.69) is 5.32 Å². The van der Waals surface area contributed by atoms with Crippen LogP contribution in [-0.2, 0) is 11.3 Å². The zero-order valence-corrected chi connectivity index (χ0v) is 19.4. The van der Waals surface area contributed by atoms with Crippen molar-refractivity contribution in [1.29, 1.82) is 0 Å². The van der Waals surface area contributed by atoms with Gasteiger partial charge in [-0.3, -0.25) is 19.3 Å². The van der Waals surface area contributed by atoms with Crippen molar-refractivity contribution in [2.45, 2.75) is 26.4 Å². The first kappa shape index (κ1) is 23.4. The van der Waals surface area contributed by atoms with Gasteiger partial charge in [0.05, 0.1) is 17.3 Å². The number of rotatable bonds is 8. The predicted molar refractivity (Wildman–Crippen MR) is 126 cm³/mol. The van der Waals surface area contributed by atoms with Gasteiger partial charge in [-0.05, 0) is 56.3 Å². The minimum absolute atomic E-state index is 0.0356. The van der Waals surface area contributed by atoms with Crippen LogP contribution in [0, 0.1) is 0 Å². The van der Waals surface area contributed by atoms with E-state index in [1.165, 1.54) is 4.90 Å². The maximum Gasteiger partial charge on any atom is 0.287 e. The number of para-hydroxylation sites is 1. The average Bonchev–Trinajstić information content (AvgIpc) is 3.28. The summed E-state index contributed by atoms with van der Waals surface area (Å²) in [5.74, 6) is 0.541. The Morgan fingerprint density at radius 2 is 1.94 bits per heavy atom. The third-order valence-electron chi connectivity index (χ3n) is 5.04. The zero-order valence-electron chi connectivity index (χ0n) is 18.7. The average molecular weight is 483 g/mol. The SMILES string of the molecule is CC(C)NC(=O)c1ccc(CN2C(=O)COc3ccc(C(=O)COc4ccccc4Cl)cc32)o1. The van der Waals surface area contributed by atoms with Crippen molar-refractivity contribution in [2.24, 2.45) is 0 Å². The smallest absolute Gasteiger partial charge is 0.287 e. The lowest BCUT2D eigenvalue weighted by Gasteiger charge is -2.29. The number of benzene rings is 2. The maximum absolute atomic E-state index is 12.8. The van der Waals surface area contributed by atoms with Crippen molar-refractivity contribution in [3.8, 4) is 11.5 Å². The monoisotopic (exact) mass is 482 g/mol. The van der Waals surface area contributed by atoms with Crippen molar-refractivity contribution in [2.75, 3.05) is 18.1 Å². The first-order valence-electron chi connectivity index (χ1n) is 10.7. The van der Waals surface area contributed by atoms with Crippen LogP contribution in [0.4, 0.5) is 5.69 Å². The van der Waals surface area contributed by atoms with E-state index in [9.17, 15) is 14.4 Å². The molecule has 34 heavy (non-hydrogen) atoms. The van der Waals surface area contributed by atoms with Gasteiger partial charge in [0.15, 0.2) is 24.8 Å². The lowest BCUT2D eigenvalue weighted by atomic mass is 10.1. The quantitative estimate of drug-likeness (QED) is 0.482. The molecule has 0 atom stereocenters. The summed E-state index contributed by atoms with van der Waals surface area (Å²) in [6, 6.07) is 14.9. The fourth-order valence-electron chi connectivity index (χ4n) is 3.41. The van der Waals surface area contributed by atoms with Crippen molar-refractivity contribution < 1.29 is 28.3 Å². The molecule has 4 rings (SSSR count). The summed E-state index contributed by atoms with van der Waals surface area (Å²) in [5.41, 5.74) is 0.787. The Morgan fingerprint density at radius 3 is 2.71 bits per heavy atom. The molecule has 0 unspecified atom stereocenters. The number of halogens is 1. The summed E-state index contributed by atoms with van der Waals surface area (Å²) in [4.78, 5) is 39.0.